The molecule has 0 aromatic heterocycles. The molecule has 1 aliphatic heterocycles. The van der Waals surface area contributed by atoms with Gasteiger partial charge in [0.1, 0.15) is 12.7 Å². The SMILES string of the molecule is Cc1ccc(S(=O)(=O)OC2COC(COC(=O)c3ccccc3)C2)cc1. The molecule has 3 rings (SSSR count). The summed E-state index contributed by atoms with van der Waals surface area (Å²) in [6.07, 6.45) is -0.643. The summed E-state index contributed by atoms with van der Waals surface area (Å²) in [4.78, 5) is 12.0. The molecule has 2 aromatic carbocycles. The largest absolute Gasteiger partial charge is 0.459 e. The maximum atomic E-state index is 12.3. The molecule has 0 spiro atoms. The van der Waals surface area contributed by atoms with Gasteiger partial charge in [-0.25, -0.2) is 4.79 Å². The second-order valence-corrected chi connectivity index (χ2v) is 7.71. The number of ether oxygens (including phenoxy) is 2. The summed E-state index contributed by atoms with van der Waals surface area (Å²) >= 11 is 0. The van der Waals surface area contributed by atoms with Crippen LogP contribution in [0.1, 0.15) is 22.3 Å². The van der Waals surface area contributed by atoms with E-state index in [0.29, 0.717) is 12.0 Å². The normalized spacial score (nSPS) is 20.0. The lowest BCUT2D eigenvalue weighted by molar-refractivity contribution is 0.0151. The van der Waals surface area contributed by atoms with Gasteiger partial charge in [-0.1, -0.05) is 35.9 Å². The topological polar surface area (TPSA) is 78.9 Å². The molecule has 6 nitrogen and oxygen atoms in total. The van der Waals surface area contributed by atoms with Gasteiger partial charge in [0.2, 0.25) is 0 Å². The molecule has 2 unspecified atom stereocenters. The fourth-order valence-electron chi connectivity index (χ4n) is 2.62. The lowest BCUT2D eigenvalue weighted by Crippen LogP contribution is -2.21. The van der Waals surface area contributed by atoms with Gasteiger partial charge >= 0.3 is 5.97 Å². The van der Waals surface area contributed by atoms with Gasteiger partial charge in [-0.2, -0.15) is 8.42 Å². The van der Waals surface area contributed by atoms with E-state index in [1.807, 2.05) is 13.0 Å². The van der Waals surface area contributed by atoms with Crippen LogP contribution < -0.4 is 0 Å². The van der Waals surface area contributed by atoms with Gasteiger partial charge in [0.25, 0.3) is 10.1 Å². The highest BCUT2D eigenvalue weighted by Gasteiger charge is 2.31. The number of hydrogen-bond donors (Lipinski definition) is 0. The van der Waals surface area contributed by atoms with Crippen molar-refractivity contribution in [2.45, 2.75) is 30.4 Å². The zero-order valence-corrected chi connectivity index (χ0v) is 15.1. The molecule has 0 saturated carbocycles. The third kappa shape index (κ3) is 4.69. The van der Waals surface area contributed by atoms with Gasteiger partial charge in [-0.05, 0) is 31.2 Å². The molecule has 1 saturated heterocycles. The number of hydrogen-bond acceptors (Lipinski definition) is 6. The van der Waals surface area contributed by atoms with Crippen LogP contribution in [0.5, 0.6) is 0 Å². The number of carbonyl (C=O) groups is 1. The zero-order chi connectivity index (χ0) is 18.6. The molecule has 138 valence electrons. The van der Waals surface area contributed by atoms with Crippen molar-refractivity contribution in [2.75, 3.05) is 13.2 Å². The standard InChI is InChI=1S/C19H20O6S/c1-14-7-9-18(10-8-14)26(21,22)25-17-11-16(23-13-17)12-24-19(20)15-5-3-2-4-6-15/h2-10,16-17H,11-13H2,1H3. The Balaban J connectivity index is 1.51. The van der Waals surface area contributed by atoms with Crippen LogP contribution in [-0.4, -0.2) is 39.8 Å². The number of carbonyl (C=O) groups excluding carboxylic acids is 1. The van der Waals surface area contributed by atoms with Crippen LogP contribution in [-0.2, 0) is 23.8 Å². The highest BCUT2D eigenvalue weighted by atomic mass is 32.2. The van der Waals surface area contributed by atoms with E-state index in [2.05, 4.69) is 0 Å². The van der Waals surface area contributed by atoms with E-state index < -0.39 is 22.2 Å². The van der Waals surface area contributed by atoms with Crippen LogP contribution in [0.15, 0.2) is 59.5 Å². The van der Waals surface area contributed by atoms with E-state index in [4.69, 9.17) is 13.7 Å². The first-order chi connectivity index (χ1) is 12.4. The summed E-state index contributed by atoms with van der Waals surface area (Å²) in [5.74, 6) is -0.439. The van der Waals surface area contributed by atoms with Gasteiger partial charge in [0, 0.05) is 6.42 Å². The van der Waals surface area contributed by atoms with Crippen molar-refractivity contribution in [3.63, 3.8) is 0 Å². The van der Waals surface area contributed by atoms with Crippen molar-refractivity contribution in [1.29, 1.82) is 0 Å². The molecule has 2 atom stereocenters. The van der Waals surface area contributed by atoms with Crippen LogP contribution >= 0.6 is 0 Å². The Morgan fingerprint density at radius 3 is 2.50 bits per heavy atom. The molecule has 1 aliphatic rings. The molecular formula is C19H20O6S. The van der Waals surface area contributed by atoms with Gasteiger partial charge in [0.15, 0.2) is 0 Å². The molecule has 0 N–H and O–H groups in total. The van der Waals surface area contributed by atoms with E-state index in [1.54, 1.807) is 36.4 Å². The Labute approximate surface area is 152 Å². The first-order valence-corrected chi connectivity index (χ1v) is 9.68. The van der Waals surface area contributed by atoms with Crippen LogP contribution in [0.4, 0.5) is 0 Å². The number of rotatable bonds is 6. The van der Waals surface area contributed by atoms with Crippen molar-refractivity contribution < 1.29 is 26.9 Å². The molecule has 0 bridgehead atoms. The van der Waals surface area contributed by atoms with E-state index >= 15 is 0 Å². The molecule has 0 aliphatic carbocycles. The minimum Gasteiger partial charge on any atom is -0.459 e. The quantitative estimate of drug-likeness (QED) is 0.570. The van der Waals surface area contributed by atoms with E-state index in [0.717, 1.165) is 5.56 Å². The highest BCUT2D eigenvalue weighted by molar-refractivity contribution is 7.86. The van der Waals surface area contributed by atoms with Gasteiger partial charge in [-0.3, -0.25) is 4.18 Å². The number of benzene rings is 2. The van der Waals surface area contributed by atoms with Crippen molar-refractivity contribution in [3.8, 4) is 0 Å². The Bertz CT molecular complexity index is 845. The monoisotopic (exact) mass is 376 g/mol. The van der Waals surface area contributed by atoms with Crippen LogP contribution in [0, 0.1) is 6.92 Å². The molecule has 7 heteroatoms. The Morgan fingerprint density at radius 1 is 1.12 bits per heavy atom. The summed E-state index contributed by atoms with van der Waals surface area (Å²) in [5.41, 5.74) is 1.42. The van der Waals surface area contributed by atoms with E-state index in [-0.39, 0.29) is 24.2 Å². The molecule has 2 aromatic rings. The predicted octanol–water partition coefficient (Wildman–Crippen LogP) is 2.71. The highest BCUT2D eigenvalue weighted by Crippen LogP contribution is 2.22. The summed E-state index contributed by atoms with van der Waals surface area (Å²) < 4.78 is 40.5. The minimum absolute atomic E-state index is 0.0537. The Morgan fingerprint density at radius 2 is 1.81 bits per heavy atom. The Hall–Kier alpha value is -2.22. The van der Waals surface area contributed by atoms with E-state index in [1.165, 1.54) is 12.1 Å². The predicted molar refractivity (Wildman–Crippen MR) is 94.3 cm³/mol. The molecule has 1 heterocycles. The fourth-order valence-corrected chi connectivity index (χ4v) is 3.69. The molecule has 0 radical (unpaired) electrons. The third-order valence-electron chi connectivity index (χ3n) is 4.03. The third-order valence-corrected chi connectivity index (χ3v) is 5.40. The van der Waals surface area contributed by atoms with Crippen molar-refractivity contribution in [2.24, 2.45) is 0 Å². The average molecular weight is 376 g/mol. The summed E-state index contributed by atoms with van der Waals surface area (Å²) in [7, 11) is -3.85. The van der Waals surface area contributed by atoms with Crippen molar-refractivity contribution in [3.05, 3.63) is 65.7 Å². The summed E-state index contributed by atoms with van der Waals surface area (Å²) in [5, 5.41) is 0. The molecular weight excluding hydrogens is 356 g/mol. The minimum atomic E-state index is -3.85. The Kier molecular flexibility index (Phi) is 5.70. The smallest absolute Gasteiger partial charge is 0.338 e. The maximum Gasteiger partial charge on any atom is 0.338 e. The molecule has 26 heavy (non-hydrogen) atoms. The average Bonchev–Trinajstić information content (AvgIpc) is 3.07. The molecule has 0 amide bonds. The zero-order valence-electron chi connectivity index (χ0n) is 14.3. The number of aryl methyl sites for hydroxylation is 1. The van der Waals surface area contributed by atoms with Gasteiger partial charge in [-0.15, -0.1) is 0 Å². The van der Waals surface area contributed by atoms with Gasteiger partial charge in [0.05, 0.1) is 23.2 Å². The lowest BCUT2D eigenvalue weighted by atomic mass is 10.2. The summed E-state index contributed by atoms with van der Waals surface area (Å²) in [6.45, 7) is 2.07. The first-order valence-electron chi connectivity index (χ1n) is 8.28. The van der Waals surface area contributed by atoms with Gasteiger partial charge < -0.3 is 9.47 Å². The van der Waals surface area contributed by atoms with Crippen LogP contribution in [0.25, 0.3) is 0 Å². The van der Waals surface area contributed by atoms with Crippen LogP contribution in [0.2, 0.25) is 0 Å². The first kappa shape index (κ1) is 18.6. The second-order valence-electron chi connectivity index (χ2n) is 6.14. The maximum absolute atomic E-state index is 12.3. The second kappa shape index (κ2) is 7.99. The fraction of sp³-hybridized carbons (Fsp3) is 0.316. The van der Waals surface area contributed by atoms with E-state index in [9.17, 15) is 13.2 Å². The van der Waals surface area contributed by atoms with Crippen molar-refractivity contribution in [1.82, 2.24) is 0 Å². The van der Waals surface area contributed by atoms with Crippen LogP contribution in [0.3, 0.4) is 0 Å². The lowest BCUT2D eigenvalue weighted by Gasteiger charge is -2.11. The number of esters is 1. The summed E-state index contributed by atoms with van der Waals surface area (Å²) in [6, 6.07) is 15.1. The van der Waals surface area contributed by atoms with Crippen molar-refractivity contribution >= 4 is 16.1 Å². The molecule has 1 fully saturated rings.